The van der Waals surface area contributed by atoms with Crippen LogP contribution in [0.4, 0.5) is 5.82 Å². The second kappa shape index (κ2) is 5.04. The number of fused-ring (bicyclic) bond motifs is 3. The quantitative estimate of drug-likeness (QED) is 0.640. The van der Waals surface area contributed by atoms with Crippen LogP contribution in [0.2, 0.25) is 0 Å². The predicted octanol–water partition coefficient (Wildman–Crippen LogP) is 1.82. The number of nitrogens with zero attached hydrogens (tertiary/aromatic N) is 3. The van der Waals surface area contributed by atoms with Gasteiger partial charge in [0.1, 0.15) is 11.5 Å². The Labute approximate surface area is 140 Å². The Morgan fingerprint density at radius 2 is 2.12 bits per heavy atom. The summed E-state index contributed by atoms with van der Waals surface area (Å²) in [7, 11) is 0. The van der Waals surface area contributed by atoms with Crippen LogP contribution >= 0.6 is 0 Å². The Balaban J connectivity index is 1.66. The van der Waals surface area contributed by atoms with Crippen molar-refractivity contribution in [1.29, 1.82) is 5.41 Å². The molecule has 2 aromatic heterocycles. The predicted molar refractivity (Wildman–Crippen MR) is 92.1 cm³/mol. The van der Waals surface area contributed by atoms with Gasteiger partial charge in [-0.25, -0.2) is 9.50 Å². The Bertz CT molecular complexity index is 840. The average molecular weight is 326 g/mol. The number of hydrogen-bond acceptors (Lipinski definition) is 6. The molecule has 0 aromatic carbocycles. The van der Waals surface area contributed by atoms with Crippen molar-refractivity contribution in [3.63, 3.8) is 0 Å². The summed E-state index contributed by atoms with van der Waals surface area (Å²) in [5.41, 5.74) is 7.25. The Hall–Kier alpha value is -2.41. The van der Waals surface area contributed by atoms with E-state index in [1.54, 1.807) is 23.7 Å². The second-order valence-electron chi connectivity index (χ2n) is 7.24. The summed E-state index contributed by atoms with van der Waals surface area (Å²) in [5.74, 6) is 0.745. The summed E-state index contributed by atoms with van der Waals surface area (Å²) in [5, 5.41) is 26.7. The Morgan fingerprint density at radius 3 is 2.75 bits per heavy atom. The minimum Gasteiger partial charge on any atom is -0.402 e. The lowest BCUT2D eigenvalue weighted by Gasteiger charge is -2.28. The largest absolute Gasteiger partial charge is 0.402 e. The molecule has 0 amide bonds. The number of aromatic nitrogens is 3. The number of nitrogens with one attached hydrogen (secondary N) is 2. The van der Waals surface area contributed by atoms with Gasteiger partial charge in [-0.2, -0.15) is 0 Å². The van der Waals surface area contributed by atoms with E-state index < -0.39 is 5.60 Å². The van der Waals surface area contributed by atoms with Crippen molar-refractivity contribution in [3.8, 4) is 0 Å². The molecule has 0 saturated heterocycles. The molecule has 0 radical (unpaired) electrons. The van der Waals surface area contributed by atoms with E-state index in [-0.39, 0.29) is 11.3 Å². The van der Waals surface area contributed by atoms with Crippen molar-refractivity contribution >= 4 is 17.2 Å². The van der Waals surface area contributed by atoms with Gasteiger partial charge in [-0.15, -0.1) is 5.10 Å². The lowest BCUT2D eigenvalue weighted by Crippen LogP contribution is -2.33. The first-order chi connectivity index (χ1) is 11.4. The van der Waals surface area contributed by atoms with Crippen molar-refractivity contribution < 1.29 is 5.11 Å². The van der Waals surface area contributed by atoms with E-state index >= 15 is 0 Å². The third kappa shape index (κ3) is 2.45. The number of imidazole rings is 1. The molecule has 2 bridgehead atoms. The molecule has 0 unspecified atom stereocenters. The molecule has 2 fully saturated rings. The van der Waals surface area contributed by atoms with Crippen LogP contribution in [0.5, 0.6) is 0 Å². The van der Waals surface area contributed by atoms with E-state index in [0.29, 0.717) is 17.0 Å². The molecular weight excluding hydrogens is 304 g/mol. The molecule has 2 aromatic rings. The Kier molecular flexibility index (Phi) is 3.18. The van der Waals surface area contributed by atoms with Gasteiger partial charge >= 0.3 is 0 Å². The smallest absolute Gasteiger partial charge is 0.154 e. The van der Waals surface area contributed by atoms with Crippen molar-refractivity contribution in [1.82, 2.24) is 14.6 Å². The molecule has 7 heteroatoms. The third-order valence-electron chi connectivity index (χ3n) is 5.21. The summed E-state index contributed by atoms with van der Waals surface area (Å²) >= 11 is 0. The first-order valence-corrected chi connectivity index (χ1v) is 8.26. The first kappa shape index (κ1) is 15.1. The van der Waals surface area contributed by atoms with Gasteiger partial charge in [-0.05, 0) is 57.2 Å². The van der Waals surface area contributed by atoms with Crippen molar-refractivity contribution in [2.45, 2.75) is 50.2 Å². The highest BCUT2D eigenvalue weighted by Gasteiger charge is 2.53. The number of rotatable bonds is 4. The zero-order valence-corrected chi connectivity index (χ0v) is 13.7. The van der Waals surface area contributed by atoms with Gasteiger partial charge in [0.2, 0.25) is 0 Å². The molecule has 2 saturated carbocycles. The van der Waals surface area contributed by atoms with E-state index in [1.807, 2.05) is 12.1 Å². The van der Waals surface area contributed by atoms with Crippen molar-refractivity contribution in [2.75, 3.05) is 5.32 Å². The minimum atomic E-state index is -0.497. The Morgan fingerprint density at radius 1 is 1.38 bits per heavy atom. The van der Waals surface area contributed by atoms with Crippen LogP contribution in [-0.2, 0) is 0 Å². The molecule has 2 heterocycles. The molecule has 2 aliphatic carbocycles. The summed E-state index contributed by atoms with van der Waals surface area (Å²) in [6.45, 7) is 1.75. The number of nitrogens with two attached hydrogens (primary N) is 1. The van der Waals surface area contributed by atoms with Crippen LogP contribution in [0.3, 0.4) is 0 Å². The number of allylic oxidation sites excluding steroid dienone is 2. The second-order valence-corrected chi connectivity index (χ2v) is 7.24. The van der Waals surface area contributed by atoms with Gasteiger partial charge in [-0.1, -0.05) is 0 Å². The maximum absolute atomic E-state index is 10.4. The zero-order chi connectivity index (χ0) is 16.9. The molecule has 7 nitrogen and oxygen atoms in total. The van der Waals surface area contributed by atoms with Gasteiger partial charge in [-0.3, -0.25) is 5.41 Å². The molecule has 126 valence electrons. The van der Waals surface area contributed by atoms with Gasteiger partial charge in [0, 0.05) is 11.2 Å². The standard InChI is InChI=1S/C17H22N6O/c1-11(18)8-12(19)13-9-20-15-3-2-14(22-23(13)15)21-16-4-6-17(24,10-16)7-5-16/h2-3,8-9,19,24H,4-7,10,18H2,1H3,(H,21,22)/b11-8-,19-12?. The molecule has 5 N–H and O–H groups in total. The molecular formula is C17H22N6O. The third-order valence-corrected chi connectivity index (χ3v) is 5.21. The van der Waals surface area contributed by atoms with Gasteiger partial charge in [0.25, 0.3) is 0 Å². The van der Waals surface area contributed by atoms with Crippen molar-refractivity contribution in [3.05, 3.63) is 35.8 Å². The van der Waals surface area contributed by atoms with E-state index in [9.17, 15) is 5.11 Å². The maximum atomic E-state index is 10.4. The molecule has 24 heavy (non-hydrogen) atoms. The highest BCUT2D eigenvalue weighted by Crippen LogP contribution is 2.51. The average Bonchev–Trinajstić information content (AvgIpc) is 3.16. The summed E-state index contributed by atoms with van der Waals surface area (Å²) < 4.78 is 1.66. The fourth-order valence-corrected chi connectivity index (χ4v) is 4.04. The number of hydrogen-bond donors (Lipinski definition) is 4. The van der Waals surface area contributed by atoms with E-state index in [1.165, 1.54) is 0 Å². The lowest BCUT2D eigenvalue weighted by atomic mass is 9.93. The molecule has 4 rings (SSSR count). The number of aliphatic hydroxyl groups is 1. The fraction of sp³-hybridized carbons (Fsp3) is 0.471. The van der Waals surface area contributed by atoms with E-state index in [0.717, 1.165) is 37.9 Å². The van der Waals surface area contributed by atoms with Crippen LogP contribution in [0.25, 0.3) is 5.65 Å². The van der Waals surface area contributed by atoms with Crippen LogP contribution in [0.15, 0.2) is 30.1 Å². The topological polar surface area (TPSA) is 112 Å². The van der Waals surface area contributed by atoms with Crippen LogP contribution in [0.1, 0.15) is 44.7 Å². The molecule has 0 atom stereocenters. The van der Waals surface area contributed by atoms with Gasteiger partial charge < -0.3 is 16.2 Å². The highest BCUT2D eigenvalue weighted by molar-refractivity contribution is 6.05. The van der Waals surface area contributed by atoms with Crippen LogP contribution in [-0.4, -0.2) is 36.6 Å². The minimum absolute atomic E-state index is 0.0581. The zero-order valence-electron chi connectivity index (χ0n) is 13.7. The molecule has 0 aliphatic heterocycles. The van der Waals surface area contributed by atoms with E-state index in [4.69, 9.17) is 11.1 Å². The summed E-state index contributed by atoms with van der Waals surface area (Å²) in [6, 6.07) is 3.79. The lowest BCUT2D eigenvalue weighted by molar-refractivity contribution is 0.0521. The normalized spacial score (nSPS) is 29.3. The van der Waals surface area contributed by atoms with Gasteiger partial charge in [0.15, 0.2) is 5.65 Å². The molecule has 2 aliphatic rings. The molecule has 0 spiro atoms. The SMILES string of the molecule is C/C(N)=C/C(=N)c1cnc2ccc(NC34CCC(O)(CC3)C4)nn12. The highest BCUT2D eigenvalue weighted by atomic mass is 16.3. The van der Waals surface area contributed by atoms with Crippen LogP contribution in [0, 0.1) is 5.41 Å². The number of anilines is 1. The maximum Gasteiger partial charge on any atom is 0.154 e. The fourth-order valence-electron chi connectivity index (χ4n) is 4.04. The summed E-state index contributed by atoms with van der Waals surface area (Å²) in [6.07, 6.45) is 7.64. The summed E-state index contributed by atoms with van der Waals surface area (Å²) in [4.78, 5) is 4.30. The van der Waals surface area contributed by atoms with Gasteiger partial charge in [0.05, 0.1) is 17.5 Å². The van der Waals surface area contributed by atoms with Crippen LogP contribution < -0.4 is 11.1 Å². The van der Waals surface area contributed by atoms with Crippen molar-refractivity contribution in [2.24, 2.45) is 5.73 Å². The monoisotopic (exact) mass is 326 g/mol. The first-order valence-electron chi connectivity index (χ1n) is 8.26. The van der Waals surface area contributed by atoms with E-state index in [2.05, 4.69) is 15.4 Å².